The molecule has 2 rings (SSSR count). The van der Waals surface area contributed by atoms with Crippen molar-refractivity contribution in [3.8, 4) is 0 Å². The topological polar surface area (TPSA) is 29.0 Å². The maximum Gasteiger partial charge on any atom is 0.127 e. The Hall–Kier alpha value is -1.39. The molecule has 0 saturated heterocycles. The minimum Gasteiger partial charge on any atom is -0.298 e. The van der Waals surface area contributed by atoms with Gasteiger partial charge in [0.25, 0.3) is 0 Å². The summed E-state index contributed by atoms with van der Waals surface area (Å²) in [7, 11) is 2.12. The van der Waals surface area contributed by atoms with Crippen LogP contribution in [0.15, 0.2) is 41.6 Å². The Morgan fingerprint density at radius 2 is 1.80 bits per heavy atom. The molecule has 0 bridgehead atoms. The zero-order chi connectivity index (χ0) is 14.4. The van der Waals surface area contributed by atoms with E-state index < -0.39 is 0 Å². The average Bonchev–Trinajstić information content (AvgIpc) is 2.48. The van der Waals surface area contributed by atoms with Crippen molar-refractivity contribution in [2.24, 2.45) is 0 Å². The van der Waals surface area contributed by atoms with Crippen LogP contribution < -0.4 is 0 Å². The first-order chi connectivity index (χ1) is 9.71. The largest absolute Gasteiger partial charge is 0.298 e. The molecule has 1 aromatic heterocycles. The number of hydrogen-bond acceptors (Lipinski definition) is 4. The lowest BCUT2D eigenvalue weighted by atomic mass is 10.2. The Kier molecular flexibility index (Phi) is 5.56. The van der Waals surface area contributed by atoms with Gasteiger partial charge >= 0.3 is 0 Å². The number of aryl methyl sites for hydroxylation is 1. The molecule has 1 heterocycles. The fourth-order valence-corrected chi connectivity index (χ4v) is 2.58. The quantitative estimate of drug-likeness (QED) is 0.762. The van der Waals surface area contributed by atoms with Crippen LogP contribution in [-0.2, 0) is 19.5 Å². The van der Waals surface area contributed by atoms with Gasteiger partial charge in [0.1, 0.15) is 5.82 Å². The zero-order valence-corrected chi connectivity index (χ0v) is 13.2. The summed E-state index contributed by atoms with van der Waals surface area (Å²) in [6.07, 6.45) is 6.86. The van der Waals surface area contributed by atoms with E-state index in [-0.39, 0.29) is 0 Å². The highest BCUT2D eigenvalue weighted by molar-refractivity contribution is 7.98. The van der Waals surface area contributed by atoms with Gasteiger partial charge in [-0.3, -0.25) is 4.90 Å². The van der Waals surface area contributed by atoms with E-state index in [1.165, 1.54) is 10.5 Å². The fourth-order valence-electron chi connectivity index (χ4n) is 2.10. The maximum absolute atomic E-state index is 4.34. The number of nitrogens with zero attached hydrogens (tertiary/aromatic N) is 3. The number of aromatic nitrogens is 2. The minimum absolute atomic E-state index is 0.869. The second-order valence-corrected chi connectivity index (χ2v) is 5.76. The number of rotatable bonds is 6. The molecule has 0 fully saturated rings. The van der Waals surface area contributed by atoms with Crippen LogP contribution in [0.25, 0.3) is 0 Å². The van der Waals surface area contributed by atoms with Crippen LogP contribution in [0.3, 0.4) is 0 Å². The fraction of sp³-hybridized carbons (Fsp3) is 0.375. The van der Waals surface area contributed by atoms with Crippen molar-refractivity contribution in [1.29, 1.82) is 0 Å². The summed E-state index contributed by atoms with van der Waals surface area (Å²) >= 11 is 1.78. The number of thioether (sulfide) groups is 1. The van der Waals surface area contributed by atoms with Gasteiger partial charge in [0.2, 0.25) is 0 Å². The van der Waals surface area contributed by atoms with Gasteiger partial charge in [0, 0.05) is 42.4 Å². The molecule has 0 radical (unpaired) electrons. The molecule has 0 amide bonds. The van der Waals surface area contributed by atoms with E-state index in [1.54, 1.807) is 11.8 Å². The Morgan fingerprint density at radius 1 is 1.10 bits per heavy atom. The molecule has 2 aromatic rings. The maximum atomic E-state index is 4.34. The SMILES string of the molecule is CCc1ncc(CN(C)Cc2cccc(SC)c2)cn1. The van der Waals surface area contributed by atoms with Crippen molar-refractivity contribution in [3.05, 3.63) is 53.6 Å². The van der Waals surface area contributed by atoms with Gasteiger partial charge in [-0.2, -0.15) is 0 Å². The third-order valence-corrected chi connectivity index (χ3v) is 3.84. The third kappa shape index (κ3) is 4.32. The third-order valence-electron chi connectivity index (χ3n) is 3.11. The molecule has 0 aliphatic heterocycles. The van der Waals surface area contributed by atoms with Gasteiger partial charge < -0.3 is 0 Å². The summed E-state index contributed by atoms with van der Waals surface area (Å²) in [5, 5.41) is 0. The summed E-state index contributed by atoms with van der Waals surface area (Å²) in [5.74, 6) is 0.907. The Morgan fingerprint density at radius 3 is 2.45 bits per heavy atom. The average molecular weight is 287 g/mol. The number of benzene rings is 1. The van der Waals surface area contributed by atoms with Gasteiger partial charge in [-0.1, -0.05) is 19.1 Å². The van der Waals surface area contributed by atoms with E-state index >= 15 is 0 Å². The summed E-state index contributed by atoms with van der Waals surface area (Å²) in [5.41, 5.74) is 2.50. The monoisotopic (exact) mass is 287 g/mol. The van der Waals surface area contributed by atoms with E-state index in [9.17, 15) is 0 Å². The molecule has 0 saturated carbocycles. The van der Waals surface area contributed by atoms with Crippen molar-refractivity contribution in [2.75, 3.05) is 13.3 Å². The molecule has 106 valence electrons. The lowest BCUT2D eigenvalue weighted by Gasteiger charge is -2.17. The zero-order valence-electron chi connectivity index (χ0n) is 12.3. The van der Waals surface area contributed by atoms with Crippen LogP contribution in [-0.4, -0.2) is 28.2 Å². The molecule has 0 spiro atoms. The lowest BCUT2D eigenvalue weighted by molar-refractivity contribution is 0.318. The molecular formula is C16H21N3S. The first kappa shape index (κ1) is 15.0. The smallest absolute Gasteiger partial charge is 0.127 e. The standard InChI is InChI=1S/C16H21N3S/c1-4-16-17-9-14(10-18-16)12-19(2)11-13-6-5-7-15(8-13)20-3/h5-10H,4,11-12H2,1-3H3. The van der Waals surface area contributed by atoms with Crippen LogP contribution in [0.2, 0.25) is 0 Å². The summed E-state index contributed by atoms with van der Waals surface area (Å²) in [6.45, 7) is 3.87. The highest BCUT2D eigenvalue weighted by Crippen LogP contribution is 2.17. The molecule has 4 heteroatoms. The molecule has 1 aromatic carbocycles. The van der Waals surface area contributed by atoms with Crippen molar-refractivity contribution in [3.63, 3.8) is 0 Å². The number of hydrogen-bond donors (Lipinski definition) is 0. The van der Waals surface area contributed by atoms with Gasteiger partial charge in [0.05, 0.1) is 0 Å². The highest BCUT2D eigenvalue weighted by Gasteiger charge is 2.04. The van der Waals surface area contributed by atoms with Crippen LogP contribution in [0, 0.1) is 0 Å². The summed E-state index contributed by atoms with van der Waals surface area (Å²) < 4.78 is 0. The van der Waals surface area contributed by atoms with Crippen LogP contribution in [0.5, 0.6) is 0 Å². The molecule has 20 heavy (non-hydrogen) atoms. The molecule has 0 atom stereocenters. The molecule has 0 unspecified atom stereocenters. The van der Waals surface area contributed by atoms with Crippen LogP contribution in [0.1, 0.15) is 23.9 Å². The van der Waals surface area contributed by atoms with E-state index in [2.05, 4.69) is 59.4 Å². The lowest BCUT2D eigenvalue weighted by Crippen LogP contribution is -2.17. The van der Waals surface area contributed by atoms with E-state index in [0.717, 1.165) is 30.9 Å². The van der Waals surface area contributed by atoms with Crippen molar-refractivity contribution < 1.29 is 0 Å². The van der Waals surface area contributed by atoms with E-state index in [4.69, 9.17) is 0 Å². The van der Waals surface area contributed by atoms with Crippen LogP contribution in [0.4, 0.5) is 0 Å². The minimum atomic E-state index is 0.869. The van der Waals surface area contributed by atoms with Crippen molar-refractivity contribution in [2.45, 2.75) is 31.3 Å². The first-order valence-electron chi connectivity index (χ1n) is 6.82. The molecule has 0 aliphatic carbocycles. The van der Waals surface area contributed by atoms with Gasteiger partial charge in [-0.15, -0.1) is 11.8 Å². The Labute approximate surface area is 125 Å². The normalized spacial score (nSPS) is 11.0. The highest BCUT2D eigenvalue weighted by atomic mass is 32.2. The van der Waals surface area contributed by atoms with Gasteiger partial charge in [0.15, 0.2) is 0 Å². The molecule has 0 aliphatic rings. The second kappa shape index (κ2) is 7.41. The molecule has 3 nitrogen and oxygen atoms in total. The summed E-state index contributed by atoms with van der Waals surface area (Å²) in [6, 6.07) is 8.68. The predicted octanol–water partition coefficient (Wildman–Crippen LogP) is 3.39. The van der Waals surface area contributed by atoms with Crippen molar-refractivity contribution >= 4 is 11.8 Å². The molecular weight excluding hydrogens is 266 g/mol. The van der Waals surface area contributed by atoms with Gasteiger partial charge in [-0.05, 0) is 31.0 Å². The second-order valence-electron chi connectivity index (χ2n) is 4.88. The van der Waals surface area contributed by atoms with E-state index in [0.29, 0.717) is 0 Å². The first-order valence-corrected chi connectivity index (χ1v) is 8.05. The van der Waals surface area contributed by atoms with Crippen molar-refractivity contribution in [1.82, 2.24) is 14.9 Å². The summed E-state index contributed by atoms with van der Waals surface area (Å²) in [4.78, 5) is 12.3. The van der Waals surface area contributed by atoms with Crippen LogP contribution >= 0.6 is 11.8 Å². The predicted molar refractivity (Wildman–Crippen MR) is 84.8 cm³/mol. The molecule has 0 N–H and O–H groups in total. The van der Waals surface area contributed by atoms with Gasteiger partial charge in [-0.25, -0.2) is 9.97 Å². The Bertz CT molecular complexity index is 540. The van der Waals surface area contributed by atoms with E-state index in [1.807, 2.05) is 12.4 Å². The Balaban J connectivity index is 1.95.